The number of carbonyl (C=O) groups excluding carboxylic acids is 1. The summed E-state index contributed by atoms with van der Waals surface area (Å²) in [5.74, 6) is -6.06. The van der Waals surface area contributed by atoms with Crippen molar-refractivity contribution in [2.75, 3.05) is 6.61 Å². The molecule has 0 aliphatic heterocycles. The maximum atomic E-state index is 13.8. The van der Waals surface area contributed by atoms with Gasteiger partial charge in [-0.1, -0.05) is 24.8 Å². The summed E-state index contributed by atoms with van der Waals surface area (Å²) >= 11 is 6.11. The largest absolute Gasteiger partial charge is 0.743 e. The van der Waals surface area contributed by atoms with Gasteiger partial charge < -0.3 is 14.0 Å². The normalized spacial score (nSPS) is 12.4. The highest BCUT2D eigenvalue weighted by Gasteiger charge is 2.61. The molecule has 0 atom stereocenters. The van der Waals surface area contributed by atoms with Crippen LogP contribution < -0.4 is 4.74 Å². The Kier molecular flexibility index (Phi) is 9.39. The second-order valence-corrected chi connectivity index (χ2v) is 12.5. The second kappa shape index (κ2) is 11.5. The zero-order chi connectivity index (χ0) is 27.8. The van der Waals surface area contributed by atoms with Crippen molar-refractivity contribution in [3.63, 3.8) is 0 Å². The molecule has 0 N–H and O–H groups in total. The average molecular weight is 875 g/mol. The molecule has 0 aliphatic carbocycles. The summed E-state index contributed by atoms with van der Waals surface area (Å²) in [6.07, 6.45) is -0.407. The SMILES string of the molecule is C=Cc1cc(I)c(C(=O)OCCC(F)(F)C(F)(F)S(=O)(=O)[O-])c(Oc2cccc3cc(I)cc(I)c23)c1. The van der Waals surface area contributed by atoms with Crippen LogP contribution in [0.2, 0.25) is 0 Å². The van der Waals surface area contributed by atoms with Crippen molar-refractivity contribution in [3.05, 3.63) is 70.9 Å². The van der Waals surface area contributed by atoms with Crippen molar-refractivity contribution in [1.29, 1.82) is 0 Å². The minimum atomic E-state index is -6.65. The summed E-state index contributed by atoms with van der Waals surface area (Å²) in [6.45, 7) is 2.39. The summed E-state index contributed by atoms with van der Waals surface area (Å²) in [4.78, 5) is 12.8. The average Bonchev–Trinajstić information content (AvgIpc) is 2.77. The third-order valence-corrected chi connectivity index (χ3v) is 8.23. The van der Waals surface area contributed by atoms with Gasteiger partial charge in [0.15, 0.2) is 10.1 Å². The Morgan fingerprint density at radius 2 is 1.70 bits per heavy atom. The maximum absolute atomic E-state index is 13.8. The first kappa shape index (κ1) is 30.3. The number of esters is 1. The van der Waals surface area contributed by atoms with Crippen LogP contribution in [-0.4, -0.2) is 36.7 Å². The number of fused-ring (bicyclic) bond motifs is 1. The number of hydrogen-bond donors (Lipinski definition) is 0. The van der Waals surface area contributed by atoms with Crippen LogP contribution in [0.5, 0.6) is 11.5 Å². The number of alkyl halides is 4. The summed E-state index contributed by atoms with van der Waals surface area (Å²) in [7, 11) is -6.65. The van der Waals surface area contributed by atoms with Crippen LogP contribution in [0.15, 0.2) is 49.0 Å². The molecule has 0 saturated heterocycles. The van der Waals surface area contributed by atoms with Crippen LogP contribution in [0.3, 0.4) is 0 Å². The van der Waals surface area contributed by atoms with E-state index >= 15 is 0 Å². The molecule has 3 aromatic rings. The number of ether oxygens (including phenoxy) is 2. The highest BCUT2D eigenvalue weighted by atomic mass is 127. The number of benzene rings is 3. The van der Waals surface area contributed by atoms with E-state index in [1.165, 1.54) is 12.1 Å². The molecule has 0 amide bonds. The van der Waals surface area contributed by atoms with Gasteiger partial charge in [-0.25, -0.2) is 13.2 Å². The molecule has 6 nitrogen and oxygen atoms in total. The number of rotatable bonds is 9. The van der Waals surface area contributed by atoms with E-state index in [-0.39, 0.29) is 11.3 Å². The van der Waals surface area contributed by atoms with Crippen molar-refractivity contribution < 1.29 is 44.8 Å². The van der Waals surface area contributed by atoms with Gasteiger partial charge in [-0.2, -0.15) is 17.6 Å². The molecule has 0 aliphatic rings. The van der Waals surface area contributed by atoms with Crippen LogP contribution in [0.4, 0.5) is 17.6 Å². The molecule has 0 fully saturated rings. The molecule has 0 bridgehead atoms. The van der Waals surface area contributed by atoms with Crippen LogP contribution >= 0.6 is 67.8 Å². The lowest BCUT2D eigenvalue weighted by molar-refractivity contribution is -0.168. The van der Waals surface area contributed by atoms with E-state index < -0.39 is 40.3 Å². The predicted molar refractivity (Wildman–Crippen MR) is 153 cm³/mol. The Morgan fingerprint density at radius 3 is 2.32 bits per heavy atom. The summed E-state index contributed by atoms with van der Waals surface area (Å²) < 4.78 is 98.9. The second-order valence-electron chi connectivity index (χ2n) is 7.49. The van der Waals surface area contributed by atoms with Crippen molar-refractivity contribution in [3.8, 4) is 11.5 Å². The lowest BCUT2D eigenvalue weighted by Crippen LogP contribution is -2.47. The van der Waals surface area contributed by atoms with Gasteiger partial charge in [0.25, 0.3) is 0 Å². The van der Waals surface area contributed by atoms with Gasteiger partial charge in [-0.3, -0.25) is 0 Å². The molecular formula is C23H14F4I3O6S-. The Hall–Kier alpha value is -1.25. The zero-order valence-corrected chi connectivity index (χ0v) is 25.5. The van der Waals surface area contributed by atoms with E-state index in [1.54, 1.807) is 40.8 Å². The van der Waals surface area contributed by atoms with Gasteiger partial charge >= 0.3 is 17.1 Å². The number of hydrogen-bond acceptors (Lipinski definition) is 6. The monoisotopic (exact) mass is 875 g/mol. The molecule has 198 valence electrons. The smallest absolute Gasteiger partial charge is 0.396 e. The van der Waals surface area contributed by atoms with E-state index in [9.17, 15) is 35.3 Å². The minimum absolute atomic E-state index is 0.00660. The topological polar surface area (TPSA) is 92.7 Å². The molecule has 37 heavy (non-hydrogen) atoms. The summed E-state index contributed by atoms with van der Waals surface area (Å²) in [5.41, 5.74) is 0.391. The van der Waals surface area contributed by atoms with Gasteiger partial charge in [0.1, 0.15) is 17.1 Å². The van der Waals surface area contributed by atoms with Crippen molar-refractivity contribution in [1.82, 2.24) is 0 Å². The molecule has 3 rings (SSSR count). The van der Waals surface area contributed by atoms with Crippen molar-refractivity contribution in [2.24, 2.45) is 0 Å². The molecule has 0 spiro atoms. The van der Waals surface area contributed by atoms with Gasteiger partial charge in [0.2, 0.25) is 0 Å². The summed E-state index contributed by atoms with van der Waals surface area (Å²) in [5, 5.41) is -4.25. The fraction of sp³-hybridized carbons (Fsp3) is 0.174. The third-order valence-electron chi connectivity index (χ3n) is 4.98. The first-order valence-corrected chi connectivity index (χ1v) is 14.6. The molecule has 0 unspecified atom stereocenters. The first-order valence-electron chi connectivity index (χ1n) is 9.99. The fourth-order valence-electron chi connectivity index (χ4n) is 3.18. The maximum Gasteiger partial charge on any atom is 0.396 e. The lowest BCUT2D eigenvalue weighted by atomic mass is 10.1. The van der Waals surface area contributed by atoms with Gasteiger partial charge in [0, 0.05) is 16.1 Å². The number of halogens is 7. The van der Waals surface area contributed by atoms with E-state index in [2.05, 4.69) is 51.8 Å². The first-order chi connectivity index (χ1) is 17.1. The highest BCUT2D eigenvalue weighted by molar-refractivity contribution is 14.1. The van der Waals surface area contributed by atoms with Gasteiger partial charge in [-0.05, 0) is 109 Å². The van der Waals surface area contributed by atoms with Crippen molar-refractivity contribution >= 4 is 101 Å². The van der Waals surface area contributed by atoms with E-state index in [4.69, 9.17) is 9.47 Å². The molecule has 0 heterocycles. The molecule has 0 saturated carbocycles. The summed E-state index contributed by atoms with van der Waals surface area (Å²) in [6, 6.07) is 12.2. The predicted octanol–water partition coefficient (Wildman–Crippen LogP) is 7.41. The molecule has 14 heteroatoms. The molecule has 0 radical (unpaired) electrons. The standard InChI is InChI=1S/C23H15F4I3O6S/c1-2-12-8-15(29)20(21(31)35-7-6-22(24,25)23(26,27)37(32,33)34)18(9-12)36-17-5-3-4-13-10-14(28)11-16(30)19(13)17/h2-5,8-11H,1,6-7H2,(H,32,33,34)/p-1. The van der Waals surface area contributed by atoms with Crippen LogP contribution in [0.1, 0.15) is 22.3 Å². The highest BCUT2D eigenvalue weighted by Crippen LogP contribution is 2.41. The minimum Gasteiger partial charge on any atom is -0.743 e. The van der Waals surface area contributed by atoms with E-state index in [0.29, 0.717) is 14.9 Å². The third kappa shape index (κ3) is 6.50. The quantitative estimate of drug-likeness (QED) is 0.0964. The molecule has 3 aromatic carbocycles. The van der Waals surface area contributed by atoms with E-state index in [0.717, 1.165) is 17.9 Å². The van der Waals surface area contributed by atoms with Gasteiger partial charge in [0.05, 0.1) is 13.0 Å². The van der Waals surface area contributed by atoms with Gasteiger partial charge in [-0.15, -0.1) is 0 Å². The van der Waals surface area contributed by atoms with Crippen LogP contribution in [0.25, 0.3) is 16.8 Å². The Balaban J connectivity index is 1.94. The Bertz CT molecular complexity index is 1500. The number of carbonyl (C=O) groups is 1. The van der Waals surface area contributed by atoms with Crippen LogP contribution in [-0.2, 0) is 14.9 Å². The van der Waals surface area contributed by atoms with Crippen molar-refractivity contribution in [2.45, 2.75) is 17.6 Å². The van der Waals surface area contributed by atoms with Crippen LogP contribution in [0, 0.1) is 10.7 Å². The lowest BCUT2D eigenvalue weighted by Gasteiger charge is -2.28. The van der Waals surface area contributed by atoms with E-state index in [1.807, 2.05) is 18.2 Å². The Labute approximate surface area is 250 Å². The fourth-order valence-corrected chi connectivity index (χ4v) is 6.65. The zero-order valence-electron chi connectivity index (χ0n) is 18.2. The molecule has 0 aromatic heterocycles. The Morgan fingerprint density at radius 1 is 1.03 bits per heavy atom. The molecular weight excluding hydrogens is 861 g/mol.